The van der Waals surface area contributed by atoms with Gasteiger partial charge in [0.05, 0.1) is 26.7 Å². The molecule has 1 atom stereocenters. The molecular formula is C17H38ClNO. The Balaban J connectivity index is 0. The van der Waals surface area contributed by atoms with E-state index in [1.54, 1.807) is 0 Å². The van der Waals surface area contributed by atoms with Crippen molar-refractivity contribution in [3.63, 3.8) is 0 Å². The minimum Gasteiger partial charge on any atom is -1.00 e. The van der Waals surface area contributed by atoms with Gasteiger partial charge in [0.1, 0.15) is 6.54 Å². The van der Waals surface area contributed by atoms with Crippen LogP contribution in [-0.2, 0) is 0 Å². The van der Waals surface area contributed by atoms with Gasteiger partial charge >= 0.3 is 0 Å². The molecule has 0 aromatic heterocycles. The van der Waals surface area contributed by atoms with E-state index in [2.05, 4.69) is 20.9 Å². The van der Waals surface area contributed by atoms with E-state index in [0.29, 0.717) is 6.61 Å². The monoisotopic (exact) mass is 307 g/mol. The first-order valence-electron chi connectivity index (χ1n) is 8.63. The molecule has 2 nitrogen and oxygen atoms in total. The lowest BCUT2D eigenvalue weighted by atomic mass is 10.1. The Morgan fingerprint density at radius 3 is 1.50 bits per heavy atom. The van der Waals surface area contributed by atoms with Crippen LogP contribution in [0.5, 0.6) is 0 Å². The Bertz CT molecular complexity index is 190. The highest BCUT2D eigenvalue weighted by atomic mass is 35.5. The van der Waals surface area contributed by atoms with Crippen molar-refractivity contribution in [2.75, 3.05) is 33.3 Å². The van der Waals surface area contributed by atoms with Crippen molar-refractivity contribution in [2.45, 2.75) is 78.1 Å². The van der Waals surface area contributed by atoms with Crippen molar-refractivity contribution in [3.05, 3.63) is 0 Å². The standard InChI is InChI=1S/C17H38NO.ClH/c1-4-6-8-10-11-13-15-18(3,16-17-19)14-12-9-7-5-2;/h19H,4-17H2,1-3H3;1H/q+1;/p-1. The fourth-order valence-electron chi connectivity index (χ4n) is 2.77. The van der Waals surface area contributed by atoms with Crippen LogP contribution in [-0.4, -0.2) is 42.9 Å². The third-order valence-corrected chi connectivity index (χ3v) is 4.24. The third-order valence-electron chi connectivity index (χ3n) is 4.24. The zero-order chi connectivity index (χ0) is 14.4. The average molecular weight is 308 g/mol. The molecule has 0 bridgehead atoms. The quantitative estimate of drug-likeness (QED) is 0.380. The molecule has 0 aliphatic rings. The molecule has 1 unspecified atom stereocenters. The van der Waals surface area contributed by atoms with Crippen molar-refractivity contribution >= 4 is 0 Å². The molecule has 0 aromatic carbocycles. The molecule has 0 saturated carbocycles. The summed E-state index contributed by atoms with van der Waals surface area (Å²) in [4.78, 5) is 0. The molecule has 0 aromatic rings. The van der Waals surface area contributed by atoms with Crippen LogP contribution in [0.4, 0.5) is 0 Å². The first-order valence-corrected chi connectivity index (χ1v) is 8.63. The largest absolute Gasteiger partial charge is 1.00 e. The first-order chi connectivity index (χ1) is 9.18. The van der Waals surface area contributed by atoms with Gasteiger partial charge in [-0.3, -0.25) is 0 Å². The lowest BCUT2D eigenvalue weighted by Crippen LogP contribution is -3.00. The number of likely N-dealkylation sites (N-methyl/N-ethyl adjacent to an activating group) is 1. The number of quaternary nitrogens is 1. The van der Waals surface area contributed by atoms with Gasteiger partial charge in [-0.1, -0.05) is 52.4 Å². The maximum absolute atomic E-state index is 9.26. The molecule has 0 aliphatic heterocycles. The first kappa shape index (κ1) is 22.5. The molecule has 3 heteroatoms. The Morgan fingerprint density at radius 1 is 0.650 bits per heavy atom. The summed E-state index contributed by atoms with van der Waals surface area (Å²) in [6.07, 6.45) is 13.5. The summed E-state index contributed by atoms with van der Waals surface area (Å²) in [5.41, 5.74) is 0. The number of hydrogen-bond acceptors (Lipinski definition) is 1. The van der Waals surface area contributed by atoms with Crippen molar-refractivity contribution in [3.8, 4) is 0 Å². The Labute approximate surface area is 133 Å². The van der Waals surface area contributed by atoms with Gasteiger partial charge in [-0.25, -0.2) is 0 Å². The second-order valence-electron chi connectivity index (χ2n) is 6.34. The van der Waals surface area contributed by atoms with Crippen molar-refractivity contribution in [1.29, 1.82) is 0 Å². The van der Waals surface area contributed by atoms with Crippen LogP contribution in [0.1, 0.15) is 78.1 Å². The minimum atomic E-state index is 0. The Kier molecular flexibility index (Phi) is 17.5. The summed E-state index contributed by atoms with van der Waals surface area (Å²) in [6, 6.07) is 0. The van der Waals surface area contributed by atoms with Gasteiger partial charge in [0.25, 0.3) is 0 Å². The fraction of sp³-hybridized carbons (Fsp3) is 1.00. The van der Waals surface area contributed by atoms with E-state index in [0.717, 1.165) is 11.0 Å². The van der Waals surface area contributed by atoms with Gasteiger partial charge in [0, 0.05) is 0 Å². The number of rotatable bonds is 14. The van der Waals surface area contributed by atoms with Gasteiger partial charge in [0.2, 0.25) is 0 Å². The second kappa shape index (κ2) is 15.6. The molecule has 0 aliphatic carbocycles. The summed E-state index contributed by atoms with van der Waals surface area (Å²) in [5, 5.41) is 9.26. The lowest BCUT2D eigenvalue weighted by Gasteiger charge is -2.34. The lowest BCUT2D eigenvalue weighted by molar-refractivity contribution is -0.910. The van der Waals surface area contributed by atoms with Crippen LogP contribution in [0.2, 0.25) is 0 Å². The van der Waals surface area contributed by atoms with Gasteiger partial charge in [-0.15, -0.1) is 0 Å². The van der Waals surface area contributed by atoms with E-state index in [-0.39, 0.29) is 12.4 Å². The van der Waals surface area contributed by atoms with Crippen LogP contribution < -0.4 is 12.4 Å². The molecular weight excluding hydrogens is 270 g/mol. The topological polar surface area (TPSA) is 20.2 Å². The highest BCUT2D eigenvalue weighted by Gasteiger charge is 2.19. The maximum atomic E-state index is 9.26. The van der Waals surface area contributed by atoms with E-state index in [4.69, 9.17) is 0 Å². The number of halogens is 1. The number of hydrogen-bond donors (Lipinski definition) is 1. The highest BCUT2D eigenvalue weighted by molar-refractivity contribution is 4.48. The summed E-state index contributed by atoms with van der Waals surface area (Å²) >= 11 is 0. The molecule has 1 N–H and O–H groups in total. The number of nitrogens with zero attached hydrogens (tertiary/aromatic N) is 1. The molecule has 124 valence electrons. The molecule has 0 spiro atoms. The second-order valence-corrected chi connectivity index (χ2v) is 6.34. The average Bonchev–Trinajstić information content (AvgIpc) is 2.39. The van der Waals surface area contributed by atoms with Gasteiger partial charge in [-0.2, -0.15) is 0 Å². The Hall–Kier alpha value is 0.210. The van der Waals surface area contributed by atoms with Crippen molar-refractivity contribution in [2.24, 2.45) is 0 Å². The Morgan fingerprint density at radius 2 is 1.05 bits per heavy atom. The van der Waals surface area contributed by atoms with Crippen LogP contribution in [0.15, 0.2) is 0 Å². The highest BCUT2D eigenvalue weighted by Crippen LogP contribution is 2.12. The molecule has 0 rings (SSSR count). The van der Waals surface area contributed by atoms with E-state index in [1.807, 2.05) is 0 Å². The summed E-state index contributed by atoms with van der Waals surface area (Å²) in [7, 11) is 2.33. The molecule has 0 radical (unpaired) electrons. The van der Waals surface area contributed by atoms with Gasteiger partial charge < -0.3 is 22.0 Å². The van der Waals surface area contributed by atoms with Gasteiger partial charge in [-0.05, 0) is 25.7 Å². The van der Waals surface area contributed by atoms with E-state index < -0.39 is 0 Å². The molecule has 20 heavy (non-hydrogen) atoms. The summed E-state index contributed by atoms with van der Waals surface area (Å²) in [6.45, 7) is 8.29. The number of unbranched alkanes of at least 4 members (excludes halogenated alkanes) is 8. The fourth-order valence-corrected chi connectivity index (χ4v) is 2.77. The molecule has 0 saturated heterocycles. The predicted octanol–water partition coefficient (Wildman–Crippen LogP) is 1.37. The number of aliphatic hydroxyl groups excluding tert-OH is 1. The summed E-state index contributed by atoms with van der Waals surface area (Å²) < 4.78 is 1.08. The molecule has 0 fully saturated rings. The zero-order valence-corrected chi connectivity index (χ0v) is 14.9. The van der Waals surface area contributed by atoms with Crippen LogP contribution in [0.25, 0.3) is 0 Å². The minimum absolute atomic E-state index is 0. The smallest absolute Gasteiger partial charge is 0.102 e. The molecule has 0 heterocycles. The van der Waals surface area contributed by atoms with E-state index in [1.165, 1.54) is 77.3 Å². The van der Waals surface area contributed by atoms with E-state index in [9.17, 15) is 5.11 Å². The maximum Gasteiger partial charge on any atom is 0.102 e. The van der Waals surface area contributed by atoms with Crippen LogP contribution >= 0.6 is 0 Å². The zero-order valence-electron chi connectivity index (χ0n) is 14.2. The summed E-state index contributed by atoms with van der Waals surface area (Å²) in [5.74, 6) is 0. The van der Waals surface area contributed by atoms with Crippen LogP contribution in [0.3, 0.4) is 0 Å². The van der Waals surface area contributed by atoms with Gasteiger partial charge in [0.15, 0.2) is 0 Å². The van der Waals surface area contributed by atoms with E-state index >= 15 is 0 Å². The van der Waals surface area contributed by atoms with Crippen LogP contribution in [0, 0.1) is 0 Å². The predicted molar refractivity (Wildman–Crippen MR) is 85.4 cm³/mol. The normalized spacial score (nSPS) is 13.8. The third kappa shape index (κ3) is 13.2. The SMILES string of the molecule is CCCCCCCC[N+](C)(CCO)CCCCCC.[Cl-]. The van der Waals surface area contributed by atoms with Crippen molar-refractivity contribution in [1.82, 2.24) is 0 Å². The van der Waals surface area contributed by atoms with Crippen molar-refractivity contribution < 1.29 is 22.0 Å². The number of aliphatic hydroxyl groups is 1. The molecule has 0 amide bonds.